The average molecular weight is 228 g/mol. The molecule has 17 heavy (non-hydrogen) atoms. The van der Waals surface area contributed by atoms with Crippen LogP contribution in [0, 0.1) is 0 Å². The largest absolute Gasteiger partial charge is 0.348 e. The maximum atomic E-state index is 11.7. The van der Waals surface area contributed by atoms with Crippen LogP contribution in [0.5, 0.6) is 0 Å². The zero-order chi connectivity index (χ0) is 12.0. The molecule has 86 valence electrons. The summed E-state index contributed by atoms with van der Waals surface area (Å²) in [6, 6.07) is 5.89. The Kier molecular flexibility index (Phi) is 2.01. The van der Waals surface area contributed by atoms with Gasteiger partial charge in [-0.2, -0.15) is 9.61 Å². The van der Waals surface area contributed by atoms with Crippen LogP contribution in [0.2, 0.25) is 0 Å². The molecule has 0 aliphatic heterocycles. The lowest BCUT2D eigenvalue weighted by atomic mass is 9.99. The molecule has 0 spiro atoms. The minimum Gasteiger partial charge on any atom is -0.305 e. The second-order valence-corrected chi connectivity index (χ2v) is 4.35. The lowest BCUT2D eigenvalue weighted by molar-refractivity contribution is 0.862. The zero-order valence-corrected chi connectivity index (χ0v) is 9.64. The van der Waals surface area contributed by atoms with E-state index in [1.165, 1.54) is 10.8 Å². The fourth-order valence-electron chi connectivity index (χ4n) is 2.13. The highest BCUT2D eigenvalue weighted by atomic mass is 16.1. The molecule has 3 aromatic rings. The van der Waals surface area contributed by atoms with Gasteiger partial charge in [0.15, 0.2) is 5.65 Å². The molecule has 3 rings (SSSR count). The number of H-pyrrole nitrogens is 1. The SMILES string of the molecule is CC(C)c1cccc2[nH]c(=O)n3ncnc3c12. The lowest BCUT2D eigenvalue weighted by Gasteiger charge is -2.09. The van der Waals surface area contributed by atoms with Crippen molar-refractivity contribution in [1.29, 1.82) is 0 Å². The van der Waals surface area contributed by atoms with Crippen LogP contribution in [-0.2, 0) is 0 Å². The molecule has 0 aliphatic carbocycles. The molecule has 0 saturated carbocycles. The Morgan fingerprint density at radius 2 is 2.18 bits per heavy atom. The van der Waals surface area contributed by atoms with Gasteiger partial charge >= 0.3 is 5.69 Å². The van der Waals surface area contributed by atoms with E-state index < -0.39 is 0 Å². The van der Waals surface area contributed by atoms with Gasteiger partial charge in [-0.3, -0.25) is 0 Å². The second-order valence-electron chi connectivity index (χ2n) is 4.35. The Bertz CT molecular complexity index is 754. The highest BCUT2D eigenvalue weighted by molar-refractivity contribution is 5.94. The van der Waals surface area contributed by atoms with E-state index in [0.29, 0.717) is 11.6 Å². The minimum absolute atomic E-state index is 0.258. The lowest BCUT2D eigenvalue weighted by Crippen LogP contribution is -2.17. The van der Waals surface area contributed by atoms with Gasteiger partial charge in [-0.25, -0.2) is 9.78 Å². The van der Waals surface area contributed by atoms with Crippen LogP contribution in [0.4, 0.5) is 0 Å². The first-order valence-electron chi connectivity index (χ1n) is 5.53. The normalized spacial score (nSPS) is 11.7. The van der Waals surface area contributed by atoms with Crippen molar-refractivity contribution < 1.29 is 0 Å². The third kappa shape index (κ3) is 1.35. The molecule has 0 bridgehead atoms. The Balaban J connectivity index is 2.62. The molecule has 0 amide bonds. The number of aromatic nitrogens is 4. The van der Waals surface area contributed by atoms with Crippen LogP contribution in [0.3, 0.4) is 0 Å². The molecule has 0 fully saturated rings. The summed E-state index contributed by atoms with van der Waals surface area (Å²) in [7, 11) is 0. The van der Waals surface area contributed by atoms with Gasteiger partial charge in [0.05, 0.1) is 5.52 Å². The smallest absolute Gasteiger partial charge is 0.305 e. The fourth-order valence-corrected chi connectivity index (χ4v) is 2.13. The molecule has 1 aromatic carbocycles. The highest BCUT2D eigenvalue weighted by Crippen LogP contribution is 2.25. The summed E-state index contributed by atoms with van der Waals surface area (Å²) in [5.41, 5.74) is 2.33. The number of rotatable bonds is 1. The number of nitrogens with one attached hydrogen (secondary N) is 1. The molecule has 5 heteroatoms. The molecule has 0 aliphatic rings. The van der Waals surface area contributed by atoms with Crippen LogP contribution in [0.1, 0.15) is 25.3 Å². The summed E-state index contributed by atoms with van der Waals surface area (Å²) < 4.78 is 1.30. The van der Waals surface area contributed by atoms with Gasteiger partial charge in [0, 0.05) is 5.39 Å². The van der Waals surface area contributed by atoms with E-state index in [9.17, 15) is 4.79 Å². The van der Waals surface area contributed by atoms with Crippen molar-refractivity contribution in [2.75, 3.05) is 0 Å². The van der Waals surface area contributed by atoms with E-state index in [-0.39, 0.29) is 5.69 Å². The highest BCUT2D eigenvalue weighted by Gasteiger charge is 2.12. The van der Waals surface area contributed by atoms with Crippen molar-refractivity contribution in [2.24, 2.45) is 0 Å². The average Bonchev–Trinajstić information content (AvgIpc) is 2.77. The van der Waals surface area contributed by atoms with Gasteiger partial charge in [-0.05, 0) is 17.5 Å². The summed E-state index contributed by atoms with van der Waals surface area (Å²) in [5, 5.41) is 4.90. The molecule has 2 aromatic heterocycles. The molecular formula is C12H12N4O. The van der Waals surface area contributed by atoms with E-state index in [0.717, 1.165) is 16.5 Å². The molecule has 0 radical (unpaired) electrons. The monoisotopic (exact) mass is 228 g/mol. The number of benzene rings is 1. The van der Waals surface area contributed by atoms with Crippen molar-refractivity contribution in [2.45, 2.75) is 19.8 Å². The van der Waals surface area contributed by atoms with Crippen LogP contribution >= 0.6 is 0 Å². The van der Waals surface area contributed by atoms with Gasteiger partial charge in [0.1, 0.15) is 6.33 Å². The maximum absolute atomic E-state index is 11.7. The predicted octanol–water partition coefficient (Wildman–Crippen LogP) is 1.69. The van der Waals surface area contributed by atoms with Gasteiger partial charge in [0.2, 0.25) is 0 Å². The summed E-state index contributed by atoms with van der Waals surface area (Å²) in [6.07, 6.45) is 1.40. The standard InChI is InChI=1S/C12H12N4O/c1-7(2)8-4-3-5-9-10(8)11-13-6-14-16(11)12(17)15-9/h3-7H,1-2H3,(H,15,17). The molecule has 1 N–H and O–H groups in total. The summed E-state index contributed by atoms with van der Waals surface area (Å²) in [5.74, 6) is 0.366. The Hall–Kier alpha value is -2.17. The molecule has 0 unspecified atom stereocenters. The van der Waals surface area contributed by atoms with Gasteiger partial charge in [-0.15, -0.1) is 0 Å². The van der Waals surface area contributed by atoms with Crippen LogP contribution in [0.15, 0.2) is 29.3 Å². The number of fused-ring (bicyclic) bond motifs is 3. The summed E-state index contributed by atoms with van der Waals surface area (Å²) in [6.45, 7) is 4.24. The van der Waals surface area contributed by atoms with E-state index in [1.54, 1.807) is 0 Å². The van der Waals surface area contributed by atoms with Gasteiger partial charge in [0.25, 0.3) is 0 Å². The quantitative estimate of drug-likeness (QED) is 0.689. The first kappa shape index (κ1) is 10.0. The summed E-state index contributed by atoms with van der Waals surface area (Å²) >= 11 is 0. The van der Waals surface area contributed by atoms with Crippen molar-refractivity contribution in [3.05, 3.63) is 40.6 Å². The molecule has 0 saturated heterocycles. The fraction of sp³-hybridized carbons (Fsp3) is 0.250. The van der Waals surface area contributed by atoms with Crippen LogP contribution in [0.25, 0.3) is 16.6 Å². The van der Waals surface area contributed by atoms with Gasteiger partial charge in [-0.1, -0.05) is 26.0 Å². The third-order valence-corrected chi connectivity index (χ3v) is 2.92. The van der Waals surface area contributed by atoms with E-state index >= 15 is 0 Å². The molecule has 0 atom stereocenters. The van der Waals surface area contributed by atoms with Crippen molar-refractivity contribution in [3.8, 4) is 0 Å². The zero-order valence-electron chi connectivity index (χ0n) is 9.64. The molecule has 5 nitrogen and oxygen atoms in total. The van der Waals surface area contributed by atoms with Gasteiger partial charge < -0.3 is 4.98 Å². The van der Waals surface area contributed by atoms with E-state index in [2.05, 4.69) is 35.0 Å². The topological polar surface area (TPSA) is 63.0 Å². The number of nitrogens with zero attached hydrogens (tertiary/aromatic N) is 3. The first-order valence-corrected chi connectivity index (χ1v) is 5.53. The third-order valence-electron chi connectivity index (χ3n) is 2.92. The Morgan fingerprint density at radius 3 is 2.94 bits per heavy atom. The minimum atomic E-state index is -0.258. The Morgan fingerprint density at radius 1 is 1.35 bits per heavy atom. The first-order chi connectivity index (χ1) is 8.18. The van der Waals surface area contributed by atoms with Crippen LogP contribution < -0.4 is 5.69 Å². The number of hydrogen-bond donors (Lipinski definition) is 1. The summed E-state index contributed by atoms with van der Waals surface area (Å²) in [4.78, 5) is 18.7. The molecular weight excluding hydrogens is 216 g/mol. The number of aromatic amines is 1. The number of hydrogen-bond acceptors (Lipinski definition) is 3. The predicted molar refractivity (Wildman–Crippen MR) is 65.2 cm³/mol. The molecule has 2 heterocycles. The van der Waals surface area contributed by atoms with Crippen molar-refractivity contribution in [1.82, 2.24) is 19.6 Å². The van der Waals surface area contributed by atoms with E-state index in [4.69, 9.17) is 0 Å². The van der Waals surface area contributed by atoms with Crippen molar-refractivity contribution >= 4 is 16.6 Å². The van der Waals surface area contributed by atoms with Crippen LogP contribution in [-0.4, -0.2) is 19.6 Å². The second kappa shape index (κ2) is 3.41. The van der Waals surface area contributed by atoms with E-state index in [1.807, 2.05) is 12.1 Å². The maximum Gasteiger partial charge on any atom is 0.348 e. The van der Waals surface area contributed by atoms with Crippen molar-refractivity contribution in [3.63, 3.8) is 0 Å². The Labute approximate surface area is 97.1 Å².